The summed E-state index contributed by atoms with van der Waals surface area (Å²) in [4.78, 5) is 24.7. The maximum absolute atomic E-state index is 12.4. The second-order valence-electron chi connectivity index (χ2n) is 6.76. The first kappa shape index (κ1) is 22.3. The Morgan fingerprint density at radius 3 is 2.60 bits per heavy atom. The van der Waals surface area contributed by atoms with Crippen molar-refractivity contribution in [3.63, 3.8) is 0 Å². The molecule has 30 heavy (non-hydrogen) atoms. The van der Waals surface area contributed by atoms with Crippen molar-refractivity contribution >= 4 is 51.9 Å². The van der Waals surface area contributed by atoms with Crippen LogP contribution in [0.4, 0.5) is 5.69 Å². The predicted molar refractivity (Wildman–Crippen MR) is 127 cm³/mol. The number of halogens is 1. The van der Waals surface area contributed by atoms with Gasteiger partial charge in [0.25, 0.3) is 5.91 Å². The SMILES string of the molecule is Cc1cc(I)ccc1NC(=O)CSc1nnc(C(C)NC(=O)c2ccccc2)n1C. The van der Waals surface area contributed by atoms with Crippen molar-refractivity contribution in [3.05, 3.63) is 69.1 Å². The van der Waals surface area contributed by atoms with Crippen molar-refractivity contribution in [1.29, 1.82) is 0 Å². The van der Waals surface area contributed by atoms with E-state index in [0.717, 1.165) is 14.8 Å². The van der Waals surface area contributed by atoms with E-state index >= 15 is 0 Å². The van der Waals surface area contributed by atoms with Crippen molar-refractivity contribution in [2.75, 3.05) is 11.1 Å². The maximum Gasteiger partial charge on any atom is 0.251 e. The van der Waals surface area contributed by atoms with E-state index in [9.17, 15) is 9.59 Å². The quantitative estimate of drug-likeness (QED) is 0.354. The fourth-order valence-electron chi connectivity index (χ4n) is 2.85. The highest BCUT2D eigenvalue weighted by atomic mass is 127. The Bertz CT molecular complexity index is 1050. The average molecular weight is 535 g/mol. The minimum atomic E-state index is -0.326. The van der Waals surface area contributed by atoms with Crippen LogP contribution in [0.15, 0.2) is 53.7 Å². The summed E-state index contributed by atoms with van der Waals surface area (Å²) in [5.74, 6) is 0.546. The van der Waals surface area contributed by atoms with E-state index in [0.29, 0.717) is 16.5 Å². The van der Waals surface area contributed by atoms with E-state index in [4.69, 9.17) is 0 Å². The Hall–Kier alpha value is -2.40. The van der Waals surface area contributed by atoms with Gasteiger partial charge in [-0.25, -0.2) is 0 Å². The van der Waals surface area contributed by atoms with Crippen LogP contribution in [-0.4, -0.2) is 32.3 Å². The van der Waals surface area contributed by atoms with Crippen molar-refractivity contribution in [1.82, 2.24) is 20.1 Å². The van der Waals surface area contributed by atoms with E-state index < -0.39 is 0 Å². The lowest BCUT2D eigenvalue weighted by Crippen LogP contribution is -2.28. The fraction of sp³-hybridized carbons (Fsp3) is 0.238. The van der Waals surface area contributed by atoms with Gasteiger partial charge in [0.2, 0.25) is 5.91 Å². The van der Waals surface area contributed by atoms with E-state index in [1.807, 2.05) is 57.3 Å². The summed E-state index contributed by atoms with van der Waals surface area (Å²) < 4.78 is 2.92. The monoisotopic (exact) mass is 535 g/mol. The molecule has 2 N–H and O–H groups in total. The Labute approximate surface area is 193 Å². The summed E-state index contributed by atoms with van der Waals surface area (Å²) in [5.41, 5.74) is 2.41. The third-order valence-electron chi connectivity index (χ3n) is 4.43. The zero-order valence-corrected chi connectivity index (χ0v) is 19.8. The lowest BCUT2D eigenvalue weighted by molar-refractivity contribution is -0.113. The number of anilines is 1. The van der Waals surface area contributed by atoms with Gasteiger partial charge in [0.15, 0.2) is 11.0 Å². The minimum absolute atomic E-state index is 0.112. The normalized spacial score (nSPS) is 11.7. The number of hydrogen-bond acceptors (Lipinski definition) is 5. The Morgan fingerprint density at radius 1 is 1.17 bits per heavy atom. The van der Waals surface area contributed by atoms with Gasteiger partial charge in [0, 0.05) is 21.9 Å². The van der Waals surface area contributed by atoms with Gasteiger partial charge in [-0.3, -0.25) is 9.59 Å². The van der Waals surface area contributed by atoms with Gasteiger partial charge in [0.05, 0.1) is 11.8 Å². The zero-order valence-electron chi connectivity index (χ0n) is 16.8. The number of thioether (sulfide) groups is 1. The first-order valence-electron chi connectivity index (χ1n) is 9.29. The number of aryl methyl sites for hydroxylation is 1. The first-order valence-corrected chi connectivity index (χ1v) is 11.4. The fourth-order valence-corrected chi connectivity index (χ4v) is 4.21. The van der Waals surface area contributed by atoms with Gasteiger partial charge in [-0.05, 0) is 72.3 Å². The Kier molecular flexibility index (Phi) is 7.48. The van der Waals surface area contributed by atoms with E-state index in [2.05, 4.69) is 43.4 Å². The number of amides is 2. The molecule has 1 unspecified atom stereocenters. The number of hydrogen-bond donors (Lipinski definition) is 2. The van der Waals surface area contributed by atoms with Crippen molar-refractivity contribution in [3.8, 4) is 0 Å². The molecule has 9 heteroatoms. The van der Waals surface area contributed by atoms with Crippen LogP contribution in [0.1, 0.15) is 34.7 Å². The molecule has 0 spiro atoms. The van der Waals surface area contributed by atoms with Gasteiger partial charge in [-0.1, -0.05) is 30.0 Å². The molecule has 0 saturated heterocycles. The molecule has 7 nitrogen and oxygen atoms in total. The molecular formula is C21H22IN5O2S. The van der Waals surface area contributed by atoms with Crippen LogP contribution in [0.3, 0.4) is 0 Å². The lowest BCUT2D eigenvalue weighted by atomic mass is 10.2. The van der Waals surface area contributed by atoms with E-state index in [1.165, 1.54) is 11.8 Å². The van der Waals surface area contributed by atoms with Crippen LogP contribution in [0.2, 0.25) is 0 Å². The molecule has 1 aromatic heterocycles. The number of rotatable bonds is 7. The van der Waals surface area contributed by atoms with E-state index in [-0.39, 0.29) is 23.6 Å². The molecule has 0 bridgehead atoms. The van der Waals surface area contributed by atoms with Crippen LogP contribution in [0.5, 0.6) is 0 Å². The van der Waals surface area contributed by atoms with Gasteiger partial charge in [-0.2, -0.15) is 0 Å². The van der Waals surface area contributed by atoms with Gasteiger partial charge in [-0.15, -0.1) is 10.2 Å². The first-order chi connectivity index (χ1) is 14.3. The highest BCUT2D eigenvalue weighted by molar-refractivity contribution is 14.1. The summed E-state index contributed by atoms with van der Waals surface area (Å²) in [5, 5.41) is 14.8. The number of carbonyl (C=O) groups excluding carboxylic acids is 2. The van der Waals surface area contributed by atoms with Crippen LogP contribution >= 0.6 is 34.4 Å². The third kappa shape index (κ3) is 5.60. The molecule has 0 fully saturated rings. The zero-order chi connectivity index (χ0) is 21.7. The smallest absolute Gasteiger partial charge is 0.251 e. The van der Waals surface area contributed by atoms with Crippen molar-refractivity contribution < 1.29 is 9.59 Å². The Morgan fingerprint density at radius 2 is 1.90 bits per heavy atom. The summed E-state index contributed by atoms with van der Waals surface area (Å²) in [7, 11) is 1.82. The molecule has 0 aliphatic heterocycles. The van der Waals surface area contributed by atoms with Crippen LogP contribution in [0, 0.1) is 10.5 Å². The van der Waals surface area contributed by atoms with Gasteiger partial charge >= 0.3 is 0 Å². The molecule has 1 atom stereocenters. The van der Waals surface area contributed by atoms with Crippen LogP contribution in [0.25, 0.3) is 0 Å². The molecule has 3 rings (SSSR count). The molecule has 0 radical (unpaired) electrons. The van der Waals surface area contributed by atoms with Gasteiger partial charge in [0.1, 0.15) is 0 Å². The molecule has 0 aliphatic rings. The molecule has 2 amide bonds. The molecule has 156 valence electrons. The largest absolute Gasteiger partial charge is 0.342 e. The van der Waals surface area contributed by atoms with Crippen molar-refractivity contribution in [2.45, 2.75) is 25.0 Å². The number of benzene rings is 2. The number of nitrogens with one attached hydrogen (secondary N) is 2. The number of aromatic nitrogens is 3. The molecule has 0 aliphatic carbocycles. The third-order valence-corrected chi connectivity index (χ3v) is 6.13. The number of nitrogens with zero attached hydrogens (tertiary/aromatic N) is 3. The van der Waals surface area contributed by atoms with E-state index in [1.54, 1.807) is 16.7 Å². The topological polar surface area (TPSA) is 88.9 Å². The number of carbonyl (C=O) groups is 2. The highest BCUT2D eigenvalue weighted by Gasteiger charge is 2.19. The minimum Gasteiger partial charge on any atom is -0.342 e. The second-order valence-corrected chi connectivity index (χ2v) is 8.95. The molecule has 1 heterocycles. The van der Waals surface area contributed by atoms with Crippen molar-refractivity contribution in [2.24, 2.45) is 7.05 Å². The predicted octanol–water partition coefficient (Wildman–Crippen LogP) is 3.95. The maximum atomic E-state index is 12.4. The summed E-state index contributed by atoms with van der Waals surface area (Å²) >= 11 is 3.54. The van der Waals surface area contributed by atoms with Gasteiger partial charge < -0.3 is 15.2 Å². The molecule has 0 saturated carbocycles. The molecule has 2 aromatic carbocycles. The Balaban J connectivity index is 1.58. The second kappa shape index (κ2) is 10.1. The lowest BCUT2D eigenvalue weighted by Gasteiger charge is -2.13. The molecule has 3 aromatic rings. The summed E-state index contributed by atoms with van der Waals surface area (Å²) in [6.07, 6.45) is 0. The van der Waals surface area contributed by atoms with Crippen LogP contribution in [-0.2, 0) is 11.8 Å². The van der Waals surface area contributed by atoms with Crippen LogP contribution < -0.4 is 10.6 Å². The summed E-state index contributed by atoms with van der Waals surface area (Å²) in [6, 6.07) is 14.6. The molecular weight excluding hydrogens is 513 g/mol. The summed E-state index contributed by atoms with van der Waals surface area (Å²) in [6.45, 7) is 3.82. The standard InChI is InChI=1S/C21H22IN5O2S/c1-13-11-16(22)9-10-17(13)24-18(28)12-30-21-26-25-19(27(21)3)14(2)23-20(29)15-7-5-4-6-8-15/h4-11,14H,12H2,1-3H3,(H,23,29)(H,24,28). The average Bonchev–Trinajstić information content (AvgIpc) is 3.09. The highest BCUT2D eigenvalue weighted by Crippen LogP contribution is 2.21.